The number of phenols is 1. The largest absolute Gasteiger partial charge is 0.507 e. The number of aromatic nitrogens is 1. The standard InChI is InChI=1S/C30H37N3O7S/c1-21-18-23(10-11-24(21)26-7-5-9-28(32-26)40-17-16-34)22-12-14-33(15-13-22)41(38,39)30(2,20-35)19-31-29(37)25-6-3-4-8-27(25)36/h3-11,18,22,34-36H,12-17,19-20H2,1-2H3,(H,31,37). The van der Waals surface area contributed by atoms with Crippen LogP contribution in [0.2, 0.25) is 0 Å². The lowest BCUT2D eigenvalue weighted by atomic mass is 9.88. The van der Waals surface area contributed by atoms with Crippen molar-refractivity contribution in [1.82, 2.24) is 14.6 Å². The molecule has 220 valence electrons. The van der Waals surface area contributed by atoms with Crippen LogP contribution in [0, 0.1) is 6.92 Å². The average Bonchev–Trinajstić information content (AvgIpc) is 2.99. The number of piperidine rings is 1. The number of rotatable bonds is 11. The van der Waals surface area contributed by atoms with E-state index in [1.165, 1.54) is 23.4 Å². The third-order valence-electron chi connectivity index (χ3n) is 7.59. The van der Waals surface area contributed by atoms with Gasteiger partial charge in [-0.25, -0.2) is 17.7 Å². The van der Waals surface area contributed by atoms with E-state index >= 15 is 0 Å². The number of phenolic OH excluding ortho intramolecular Hbond substituents is 1. The molecule has 0 radical (unpaired) electrons. The highest BCUT2D eigenvalue weighted by Gasteiger charge is 2.44. The third kappa shape index (κ3) is 6.70. The first-order valence-electron chi connectivity index (χ1n) is 13.6. The predicted molar refractivity (Wildman–Crippen MR) is 155 cm³/mol. The third-order valence-corrected chi connectivity index (χ3v) is 10.1. The molecule has 11 heteroatoms. The van der Waals surface area contributed by atoms with Crippen LogP contribution < -0.4 is 10.1 Å². The summed E-state index contributed by atoms with van der Waals surface area (Å²) in [5.41, 5.74) is 3.93. The average molecular weight is 584 g/mol. The number of para-hydroxylation sites is 1. The number of carbonyl (C=O) groups is 1. The Morgan fingerprint density at radius 2 is 1.83 bits per heavy atom. The lowest BCUT2D eigenvalue weighted by molar-refractivity contribution is 0.0942. The summed E-state index contributed by atoms with van der Waals surface area (Å²) in [5, 5.41) is 31.6. The predicted octanol–water partition coefficient (Wildman–Crippen LogP) is 2.82. The van der Waals surface area contributed by atoms with Gasteiger partial charge < -0.3 is 25.4 Å². The molecule has 0 aliphatic carbocycles. The molecular weight excluding hydrogens is 546 g/mol. The number of nitrogens with zero attached hydrogens (tertiary/aromatic N) is 2. The minimum atomic E-state index is -3.96. The topological polar surface area (TPSA) is 149 Å². The summed E-state index contributed by atoms with van der Waals surface area (Å²) in [6.45, 7) is 3.13. The minimum absolute atomic E-state index is 0.0332. The van der Waals surface area contributed by atoms with Crippen molar-refractivity contribution in [1.29, 1.82) is 0 Å². The van der Waals surface area contributed by atoms with Gasteiger partial charge in [-0.1, -0.05) is 36.4 Å². The summed E-state index contributed by atoms with van der Waals surface area (Å²) in [6.07, 6.45) is 1.24. The van der Waals surface area contributed by atoms with Gasteiger partial charge in [0.1, 0.15) is 17.1 Å². The molecular formula is C30H37N3O7S. The Bertz CT molecular complexity index is 1470. The van der Waals surface area contributed by atoms with Gasteiger partial charge >= 0.3 is 0 Å². The van der Waals surface area contributed by atoms with Crippen LogP contribution in [0.4, 0.5) is 0 Å². The number of aliphatic hydroxyl groups excluding tert-OH is 2. The first kappa shape index (κ1) is 30.4. The van der Waals surface area contributed by atoms with E-state index in [1.807, 2.05) is 31.2 Å². The number of hydrogen-bond donors (Lipinski definition) is 4. The van der Waals surface area contributed by atoms with Crippen molar-refractivity contribution in [2.45, 2.75) is 37.4 Å². The monoisotopic (exact) mass is 583 g/mol. The lowest BCUT2D eigenvalue weighted by Gasteiger charge is -2.38. The Morgan fingerprint density at radius 3 is 2.49 bits per heavy atom. The van der Waals surface area contributed by atoms with Gasteiger partial charge in [0.05, 0.1) is 24.5 Å². The van der Waals surface area contributed by atoms with E-state index in [0.717, 1.165) is 22.4 Å². The lowest BCUT2D eigenvalue weighted by Crippen LogP contribution is -2.56. The Hall–Kier alpha value is -3.51. The normalized spacial score (nSPS) is 16.2. The van der Waals surface area contributed by atoms with Gasteiger partial charge in [-0.05, 0) is 61.9 Å². The summed E-state index contributed by atoms with van der Waals surface area (Å²) in [6, 6.07) is 17.7. The van der Waals surface area contributed by atoms with Crippen LogP contribution >= 0.6 is 0 Å². The van der Waals surface area contributed by atoms with Gasteiger partial charge in [-0.2, -0.15) is 0 Å². The van der Waals surface area contributed by atoms with E-state index in [9.17, 15) is 23.4 Å². The molecule has 1 saturated heterocycles. The van der Waals surface area contributed by atoms with E-state index in [1.54, 1.807) is 18.2 Å². The number of carbonyl (C=O) groups excluding carboxylic acids is 1. The summed E-state index contributed by atoms with van der Waals surface area (Å²) in [4.78, 5) is 17.1. The number of ether oxygens (including phenoxy) is 1. The zero-order valence-corrected chi connectivity index (χ0v) is 24.1. The second-order valence-electron chi connectivity index (χ2n) is 10.5. The van der Waals surface area contributed by atoms with Crippen LogP contribution in [0.5, 0.6) is 11.6 Å². The molecule has 1 aromatic heterocycles. The van der Waals surface area contributed by atoms with Gasteiger partial charge in [-0.3, -0.25) is 4.79 Å². The number of aryl methyl sites for hydroxylation is 1. The molecule has 1 aliphatic heterocycles. The summed E-state index contributed by atoms with van der Waals surface area (Å²) >= 11 is 0. The van der Waals surface area contributed by atoms with Crippen LogP contribution in [0.1, 0.15) is 47.2 Å². The number of amides is 1. The van der Waals surface area contributed by atoms with E-state index in [0.29, 0.717) is 31.8 Å². The molecule has 0 saturated carbocycles. The number of aromatic hydroxyl groups is 1. The molecule has 1 atom stereocenters. The molecule has 10 nitrogen and oxygen atoms in total. The molecule has 2 aromatic carbocycles. The smallest absolute Gasteiger partial charge is 0.255 e. The quantitative estimate of drug-likeness (QED) is 0.269. The Labute approximate surface area is 240 Å². The number of nitrogens with one attached hydrogen (secondary N) is 1. The number of pyridine rings is 1. The van der Waals surface area contributed by atoms with Crippen molar-refractivity contribution >= 4 is 15.9 Å². The van der Waals surface area contributed by atoms with Crippen LogP contribution in [-0.4, -0.2) is 83.1 Å². The van der Waals surface area contributed by atoms with E-state index < -0.39 is 27.3 Å². The fraction of sp³-hybridized carbons (Fsp3) is 0.400. The second kappa shape index (κ2) is 13.0. The van der Waals surface area contributed by atoms with Crippen molar-refractivity contribution in [3.05, 3.63) is 77.4 Å². The van der Waals surface area contributed by atoms with E-state index in [4.69, 9.17) is 9.84 Å². The van der Waals surface area contributed by atoms with Crippen molar-refractivity contribution in [3.8, 4) is 22.9 Å². The molecule has 4 N–H and O–H groups in total. The summed E-state index contributed by atoms with van der Waals surface area (Å²) < 4.78 is 32.4. The summed E-state index contributed by atoms with van der Waals surface area (Å²) in [7, 11) is -3.96. The van der Waals surface area contributed by atoms with Crippen molar-refractivity contribution in [3.63, 3.8) is 0 Å². The fourth-order valence-electron chi connectivity index (χ4n) is 5.02. The molecule has 2 heterocycles. The summed E-state index contributed by atoms with van der Waals surface area (Å²) in [5.74, 6) is -0.209. The second-order valence-corrected chi connectivity index (χ2v) is 12.9. The number of benzene rings is 2. The van der Waals surface area contributed by atoms with E-state index in [-0.39, 0.29) is 37.0 Å². The van der Waals surface area contributed by atoms with Crippen molar-refractivity contribution < 1.29 is 33.3 Å². The molecule has 4 rings (SSSR count). The van der Waals surface area contributed by atoms with Crippen LogP contribution in [0.25, 0.3) is 11.3 Å². The Morgan fingerprint density at radius 1 is 1.10 bits per heavy atom. The first-order valence-corrected chi connectivity index (χ1v) is 15.0. The molecule has 1 amide bonds. The Kier molecular flexibility index (Phi) is 9.64. The molecule has 0 spiro atoms. The highest BCUT2D eigenvalue weighted by atomic mass is 32.2. The fourth-order valence-corrected chi connectivity index (χ4v) is 6.75. The van der Waals surface area contributed by atoms with Gasteiger partial charge in [0.25, 0.3) is 5.91 Å². The van der Waals surface area contributed by atoms with Crippen LogP contribution in [0.3, 0.4) is 0 Å². The van der Waals surface area contributed by atoms with Crippen molar-refractivity contribution in [2.75, 3.05) is 39.5 Å². The maximum Gasteiger partial charge on any atom is 0.255 e. The van der Waals surface area contributed by atoms with Gasteiger partial charge in [0, 0.05) is 31.3 Å². The van der Waals surface area contributed by atoms with Gasteiger partial charge in [0.15, 0.2) is 0 Å². The molecule has 41 heavy (non-hydrogen) atoms. The number of sulfonamides is 1. The SMILES string of the molecule is Cc1cc(C2CCN(S(=O)(=O)C(C)(CO)CNC(=O)c3ccccc3O)CC2)ccc1-c1cccc(OCCO)n1. The highest BCUT2D eigenvalue weighted by Crippen LogP contribution is 2.34. The zero-order valence-electron chi connectivity index (χ0n) is 23.3. The molecule has 1 unspecified atom stereocenters. The zero-order chi connectivity index (χ0) is 29.6. The molecule has 1 aliphatic rings. The van der Waals surface area contributed by atoms with Gasteiger partial charge in [0.2, 0.25) is 15.9 Å². The Balaban J connectivity index is 1.41. The first-order chi connectivity index (χ1) is 19.6. The minimum Gasteiger partial charge on any atom is -0.507 e. The maximum atomic E-state index is 13.6. The molecule has 1 fully saturated rings. The van der Waals surface area contributed by atoms with E-state index in [2.05, 4.69) is 16.4 Å². The van der Waals surface area contributed by atoms with Crippen LogP contribution in [0.15, 0.2) is 60.7 Å². The number of hydrogen-bond acceptors (Lipinski definition) is 8. The van der Waals surface area contributed by atoms with Crippen LogP contribution in [-0.2, 0) is 10.0 Å². The van der Waals surface area contributed by atoms with Crippen molar-refractivity contribution in [2.24, 2.45) is 0 Å². The maximum absolute atomic E-state index is 13.6. The highest BCUT2D eigenvalue weighted by molar-refractivity contribution is 7.90. The molecule has 0 bridgehead atoms. The molecule has 3 aromatic rings. The van der Waals surface area contributed by atoms with Gasteiger partial charge in [-0.15, -0.1) is 0 Å². The number of aliphatic hydroxyl groups is 2.